The van der Waals surface area contributed by atoms with Crippen molar-refractivity contribution < 1.29 is 23.9 Å². The number of amides is 1. The molecular formula is C32H43NO5. The molecule has 3 fully saturated rings. The number of fused-ring (bicyclic) bond motifs is 7. The third-order valence-electron chi connectivity index (χ3n) is 11.9. The van der Waals surface area contributed by atoms with Crippen molar-refractivity contribution in [3.8, 4) is 0 Å². The Morgan fingerprint density at radius 1 is 1.00 bits per heavy atom. The Morgan fingerprint density at radius 2 is 1.68 bits per heavy atom. The topological polar surface area (TPSA) is 95.7 Å². The fraction of sp³-hybridized carbons (Fsp3) is 0.656. The van der Waals surface area contributed by atoms with E-state index in [1.54, 1.807) is 13.0 Å². The fourth-order valence-corrected chi connectivity index (χ4v) is 9.03. The minimum absolute atomic E-state index is 0.0100. The zero-order chi connectivity index (χ0) is 27.9. The van der Waals surface area contributed by atoms with Crippen LogP contribution in [0.15, 0.2) is 46.3 Å². The molecule has 0 spiro atoms. The van der Waals surface area contributed by atoms with Crippen molar-refractivity contribution in [2.75, 3.05) is 6.61 Å². The summed E-state index contributed by atoms with van der Waals surface area (Å²) in [6, 6.07) is 0. The zero-order valence-corrected chi connectivity index (χ0v) is 24.1. The first-order valence-electron chi connectivity index (χ1n) is 14.2. The van der Waals surface area contributed by atoms with Crippen LogP contribution < -0.4 is 5.73 Å². The van der Waals surface area contributed by atoms with Crippen LogP contribution in [0.1, 0.15) is 93.4 Å². The van der Waals surface area contributed by atoms with Gasteiger partial charge in [-0.05, 0) is 98.2 Å². The molecule has 0 unspecified atom stereocenters. The van der Waals surface area contributed by atoms with Gasteiger partial charge in [0.1, 0.15) is 0 Å². The van der Waals surface area contributed by atoms with E-state index in [4.69, 9.17) is 15.2 Å². The van der Waals surface area contributed by atoms with Crippen LogP contribution in [0.5, 0.6) is 0 Å². The van der Waals surface area contributed by atoms with Crippen LogP contribution >= 0.6 is 0 Å². The first kappa shape index (κ1) is 27.0. The third-order valence-corrected chi connectivity index (χ3v) is 11.9. The molecule has 0 heterocycles. The smallest absolute Gasteiger partial charge is 0.434 e. The second-order valence-corrected chi connectivity index (χ2v) is 13.7. The van der Waals surface area contributed by atoms with Gasteiger partial charge in [0, 0.05) is 16.4 Å². The molecule has 2 N–H and O–H groups in total. The van der Waals surface area contributed by atoms with Crippen molar-refractivity contribution in [2.24, 2.45) is 38.7 Å². The van der Waals surface area contributed by atoms with Gasteiger partial charge in [-0.25, -0.2) is 4.79 Å². The summed E-state index contributed by atoms with van der Waals surface area (Å²) in [7, 11) is 0. The largest absolute Gasteiger partial charge is 0.513 e. The van der Waals surface area contributed by atoms with E-state index < -0.39 is 11.6 Å². The number of carbonyl (C=O) groups is 3. The van der Waals surface area contributed by atoms with E-state index in [1.807, 2.05) is 6.92 Å². The maximum atomic E-state index is 13.2. The van der Waals surface area contributed by atoms with Crippen LogP contribution in [-0.4, -0.2) is 24.5 Å². The van der Waals surface area contributed by atoms with Gasteiger partial charge in [-0.3, -0.25) is 9.59 Å². The summed E-state index contributed by atoms with van der Waals surface area (Å²) >= 11 is 0. The molecular weight excluding hydrogens is 478 g/mol. The molecule has 6 nitrogen and oxygen atoms in total. The van der Waals surface area contributed by atoms with Gasteiger partial charge in [0.05, 0.1) is 6.61 Å². The first-order chi connectivity index (χ1) is 17.7. The summed E-state index contributed by atoms with van der Waals surface area (Å²) in [5.41, 5.74) is 9.38. The number of ketones is 1. The molecule has 0 aromatic rings. The molecule has 0 saturated heterocycles. The molecule has 38 heavy (non-hydrogen) atoms. The molecule has 3 saturated carbocycles. The number of hydrogen-bond donors (Lipinski definition) is 1. The Hall–Kier alpha value is -2.63. The van der Waals surface area contributed by atoms with Crippen LogP contribution in [0, 0.1) is 33.0 Å². The molecule has 6 atom stereocenters. The third kappa shape index (κ3) is 3.47. The monoisotopic (exact) mass is 521 g/mol. The molecule has 0 aromatic carbocycles. The molecule has 0 aromatic heterocycles. The first-order valence-corrected chi connectivity index (χ1v) is 14.2. The highest BCUT2D eigenvalue weighted by Crippen LogP contribution is 2.75. The predicted octanol–water partition coefficient (Wildman–Crippen LogP) is 6.71. The lowest BCUT2D eigenvalue weighted by atomic mass is 9.34. The second-order valence-electron chi connectivity index (χ2n) is 13.7. The summed E-state index contributed by atoms with van der Waals surface area (Å²) in [5.74, 6) is -0.0185. The minimum atomic E-state index is -0.854. The quantitative estimate of drug-likeness (QED) is 0.416. The van der Waals surface area contributed by atoms with Crippen LogP contribution in [0.4, 0.5) is 4.79 Å². The van der Waals surface area contributed by atoms with Crippen LogP contribution in [-0.2, 0) is 19.1 Å². The van der Waals surface area contributed by atoms with Gasteiger partial charge in [0.25, 0.3) is 0 Å². The lowest BCUT2D eigenvalue weighted by molar-refractivity contribution is -0.167. The highest BCUT2D eigenvalue weighted by molar-refractivity contribution is 6.08. The van der Waals surface area contributed by atoms with E-state index in [2.05, 4.69) is 46.8 Å². The summed E-state index contributed by atoms with van der Waals surface area (Å²) < 4.78 is 10.2. The number of nitrogens with two attached hydrogens (primary N) is 1. The van der Waals surface area contributed by atoms with E-state index in [1.165, 1.54) is 5.57 Å². The van der Waals surface area contributed by atoms with Crippen LogP contribution in [0.2, 0.25) is 0 Å². The Balaban J connectivity index is 1.58. The van der Waals surface area contributed by atoms with E-state index in [-0.39, 0.29) is 45.7 Å². The Kier molecular flexibility index (Phi) is 5.98. The fourth-order valence-electron chi connectivity index (χ4n) is 9.03. The lowest BCUT2D eigenvalue weighted by Crippen LogP contribution is -2.62. The van der Waals surface area contributed by atoms with Gasteiger partial charge in [-0.2, -0.15) is 0 Å². The average molecular weight is 522 g/mol. The van der Waals surface area contributed by atoms with Crippen molar-refractivity contribution in [3.63, 3.8) is 0 Å². The molecule has 1 amide bonds. The van der Waals surface area contributed by atoms with Crippen molar-refractivity contribution in [1.29, 1.82) is 0 Å². The Bertz CT molecular complexity index is 1250. The van der Waals surface area contributed by atoms with Crippen molar-refractivity contribution in [2.45, 2.75) is 93.4 Å². The van der Waals surface area contributed by atoms with Gasteiger partial charge >= 0.3 is 6.16 Å². The number of rotatable bonds is 3. The Morgan fingerprint density at radius 3 is 2.34 bits per heavy atom. The molecule has 5 aliphatic carbocycles. The van der Waals surface area contributed by atoms with E-state index in [0.717, 1.165) is 56.1 Å². The minimum Gasteiger partial charge on any atom is -0.434 e. The summed E-state index contributed by atoms with van der Waals surface area (Å²) in [5, 5.41) is 0. The summed E-state index contributed by atoms with van der Waals surface area (Å²) in [4.78, 5) is 37.8. The van der Waals surface area contributed by atoms with Gasteiger partial charge < -0.3 is 15.2 Å². The highest BCUT2D eigenvalue weighted by Gasteiger charge is 2.67. The number of carbonyl (C=O) groups excluding carboxylic acids is 3. The predicted molar refractivity (Wildman–Crippen MR) is 146 cm³/mol. The highest BCUT2D eigenvalue weighted by atomic mass is 16.7. The molecule has 0 bridgehead atoms. The number of ether oxygens (including phenoxy) is 2. The van der Waals surface area contributed by atoms with Crippen LogP contribution in [0.25, 0.3) is 0 Å². The zero-order valence-electron chi connectivity index (χ0n) is 24.1. The summed E-state index contributed by atoms with van der Waals surface area (Å²) in [6.45, 7) is 15.4. The number of allylic oxidation sites excluding steroid dienone is 7. The average Bonchev–Trinajstić information content (AvgIpc) is 2.85. The van der Waals surface area contributed by atoms with Crippen molar-refractivity contribution in [1.82, 2.24) is 0 Å². The molecule has 206 valence electrons. The number of primary amides is 1. The van der Waals surface area contributed by atoms with E-state index >= 15 is 0 Å². The standard InChI is InChI=1S/C32H43NO5/c1-8-37-27(36)38-25-19(2)20-9-10-23-30(5,21(20)17-22(25)34)14-16-32(7)24-18-29(4,26(33)35)12-11-28(24,3)13-15-31(23,32)6/h9-10,17,24H,8,11-16,18H2,1-7H3,(H2,33,35)/t24-,28-,29-,30+,31-,32+/m1/s1. The van der Waals surface area contributed by atoms with E-state index in [9.17, 15) is 14.4 Å². The SMILES string of the molecule is CCOC(=O)OC1=C(C)C2=CC=C3[C@@](C)(CC[C@@]4(C)[C@@H]5C[C@](C)(C(N)=O)CC[C@]5(C)CC[C@]34C)C2=CC1=O. The molecule has 5 rings (SSSR count). The maximum Gasteiger partial charge on any atom is 0.513 e. The van der Waals surface area contributed by atoms with Gasteiger partial charge in [-0.1, -0.05) is 52.3 Å². The Labute approximate surface area is 226 Å². The normalized spacial score (nSPS) is 41.9. The van der Waals surface area contributed by atoms with Crippen molar-refractivity contribution >= 4 is 17.8 Å². The molecule has 0 radical (unpaired) electrons. The van der Waals surface area contributed by atoms with E-state index in [0.29, 0.717) is 11.5 Å². The number of hydrogen-bond acceptors (Lipinski definition) is 5. The van der Waals surface area contributed by atoms with Gasteiger partial charge in [0.15, 0.2) is 5.76 Å². The molecule has 5 aliphatic rings. The van der Waals surface area contributed by atoms with Gasteiger partial charge in [-0.15, -0.1) is 0 Å². The van der Waals surface area contributed by atoms with Crippen LogP contribution in [0.3, 0.4) is 0 Å². The second kappa shape index (κ2) is 8.43. The van der Waals surface area contributed by atoms with Gasteiger partial charge in [0.2, 0.25) is 11.7 Å². The summed E-state index contributed by atoms with van der Waals surface area (Å²) in [6.07, 6.45) is 12.1. The lowest BCUT2D eigenvalue weighted by Gasteiger charge is -2.70. The molecule has 6 heteroatoms. The molecule has 0 aliphatic heterocycles. The van der Waals surface area contributed by atoms with Crippen molar-refractivity contribution in [3.05, 3.63) is 46.3 Å². The maximum absolute atomic E-state index is 13.2.